The van der Waals surface area contributed by atoms with E-state index in [0.29, 0.717) is 18.2 Å². The second kappa shape index (κ2) is 8.67. The van der Waals surface area contributed by atoms with E-state index >= 15 is 0 Å². The summed E-state index contributed by atoms with van der Waals surface area (Å²) in [5.41, 5.74) is 1.19. The zero-order valence-corrected chi connectivity index (χ0v) is 13.5. The topological polar surface area (TPSA) is 61.4 Å². The lowest BCUT2D eigenvalue weighted by Gasteiger charge is -2.20. The number of phenols is 1. The highest BCUT2D eigenvalue weighted by atomic mass is 16.3. The van der Waals surface area contributed by atoms with Crippen LogP contribution in [0.5, 0.6) is 5.75 Å². The van der Waals surface area contributed by atoms with Gasteiger partial charge in [0.05, 0.1) is 6.04 Å². The monoisotopic (exact) mass is 292 g/mol. The van der Waals surface area contributed by atoms with E-state index in [4.69, 9.17) is 0 Å². The van der Waals surface area contributed by atoms with Crippen molar-refractivity contribution in [3.63, 3.8) is 0 Å². The second-order valence-electron chi connectivity index (χ2n) is 6.13. The van der Waals surface area contributed by atoms with Gasteiger partial charge in [-0.1, -0.05) is 26.0 Å². The van der Waals surface area contributed by atoms with Gasteiger partial charge in [0.25, 0.3) is 0 Å². The Morgan fingerprint density at radius 1 is 1.14 bits per heavy atom. The van der Waals surface area contributed by atoms with Crippen LogP contribution in [0.25, 0.3) is 0 Å². The summed E-state index contributed by atoms with van der Waals surface area (Å²) in [5.74, 6) is 0.814. The predicted octanol–water partition coefficient (Wildman–Crippen LogP) is 2.46. The van der Waals surface area contributed by atoms with Crippen molar-refractivity contribution in [2.45, 2.75) is 52.6 Å². The minimum absolute atomic E-state index is 0.0557. The summed E-state index contributed by atoms with van der Waals surface area (Å²) < 4.78 is 0. The highest BCUT2D eigenvalue weighted by Gasteiger charge is 2.15. The van der Waals surface area contributed by atoms with Gasteiger partial charge in [0.2, 0.25) is 5.91 Å². The molecule has 0 saturated carbocycles. The largest absolute Gasteiger partial charge is 0.508 e. The maximum Gasteiger partial charge on any atom is 0.236 e. The lowest BCUT2D eigenvalue weighted by atomic mass is 10.1. The lowest BCUT2D eigenvalue weighted by Crippen LogP contribution is -2.46. The Hall–Kier alpha value is -1.55. The van der Waals surface area contributed by atoms with Crippen molar-refractivity contribution in [3.8, 4) is 5.75 Å². The van der Waals surface area contributed by atoms with E-state index in [9.17, 15) is 9.90 Å². The first-order valence-electron chi connectivity index (χ1n) is 7.70. The zero-order valence-electron chi connectivity index (χ0n) is 13.5. The Kier molecular flexibility index (Phi) is 7.23. The SMILES string of the molecule is CC(C)CNC(=O)C(C)NC(C)CCc1ccc(O)cc1. The molecule has 0 saturated heterocycles. The molecule has 4 heteroatoms. The summed E-state index contributed by atoms with van der Waals surface area (Å²) in [4.78, 5) is 11.9. The van der Waals surface area contributed by atoms with Gasteiger partial charge in [-0.15, -0.1) is 0 Å². The quantitative estimate of drug-likeness (QED) is 0.690. The molecule has 4 nitrogen and oxygen atoms in total. The molecule has 0 bridgehead atoms. The Labute approximate surface area is 128 Å². The molecule has 0 heterocycles. The van der Waals surface area contributed by atoms with Crippen LogP contribution in [0, 0.1) is 5.92 Å². The minimum Gasteiger partial charge on any atom is -0.508 e. The first kappa shape index (κ1) is 17.5. The van der Waals surface area contributed by atoms with Crippen molar-refractivity contribution < 1.29 is 9.90 Å². The van der Waals surface area contributed by atoms with Crippen molar-refractivity contribution in [3.05, 3.63) is 29.8 Å². The second-order valence-corrected chi connectivity index (χ2v) is 6.13. The highest BCUT2D eigenvalue weighted by molar-refractivity contribution is 5.81. The standard InChI is InChI=1S/C17H28N2O2/c1-12(2)11-18-17(21)14(4)19-13(3)5-6-15-7-9-16(20)10-8-15/h7-10,12-14,19-20H,5-6,11H2,1-4H3,(H,18,21). The molecule has 0 aromatic heterocycles. The number of rotatable bonds is 8. The Balaban J connectivity index is 2.30. The van der Waals surface area contributed by atoms with Crippen LogP contribution in [0.2, 0.25) is 0 Å². The van der Waals surface area contributed by atoms with Gasteiger partial charge in [-0.3, -0.25) is 4.79 Å². The van der Waals surface area contributed by atoms with Crippen LogP contribution in [0.15, 0.2) is 24.3 Å². The molecule has 1 amide bonds. The number of phenolic OH excluding ortho intramolecular Hbond substituents is 1. The van der Waals surface area contributed by atoms with Crippen LogP contribution in [0.1, 0.15) is 39.7 Å². The number of amides is 1. The highest BCUT2D eigenvalue weighted by Crippen LogP contribution is 2.12. The van der Waals surface area contributed by atoms with Crippen molar-refractivity contribution in [1.29, 1.82) is 0 Å². The number of aryl methyl sites for hydroxylation is 1. The minimum atomic E-state index is -0.182. The fourth-order valence-corrected chi connectivity index (χ4v) is 2.09. The summed E-state index contributed by atoms with van der Waals surface area (Å²) in [6, 6.07) is 7.35. The number of carbonyl (C=O) groups excluding carboxylic acids is 1. The van der Waals surface area contributed by atoms with Crippen LogP contribution in [-0.4, -0.2) is 29.6 Å². The van der Waals surface area contributed by atoms with Gasteiger partial charge in [0.15, 0.2) is 0 Å². The number of hydrogen-bond acceptors (Lipinski definition) is 3. The molecule has 2 unspecified atom stereocenters. The Morgan fingerprint density at radius 2 is 1.76 bits per heavy atom. The summed E-state index contributed by atoms with van der Waals surface area (Å²) in [6.45, 7) is 8.86. The van der Waals surface area contributed by atoms with Crippen LogP contribution >= 0.6 is 0 Å². The van der Waals surface area contributed by atoms with E-state index in [1.165, 1.54) is 5.56 Å². The van der Waals surface area contributed by atoms with Crippen LogP contribution < -0.4 is 10.6 Å². The molecular formula is C17H28N2O2. The third kappa shape index (κ3) is 7.14. The van der Waals surface area contributed by atoms with Crippen LogP contribution in [-0.2, 0) is 11.2 Å². The van der Waals surface area contributed by atoms with Gasteiger partial charge in [-0.2, -0.15) is 0 Å². The maximum absolute atomic E-state index is 11.9. The average molecular weight is 292 g/mol. The molecule has 1 rings (SSSR count). The Bertz CT molecular complexity index is 429. The summed E-state index contributed by atoms with van der Waals surface area (Å²) >= 11 is 0. The molecule has 21 heavy (non-hydrogen) atoms. The zero-order chi connectivity index (χ0) is 15.8. The summed E-state index contributed by atoms with van der Waals surface area (Å²) in [6.07, 6.45) is 1.88. The van der Waals surface area contributed by atoms with E-state index in [2.05, 4.69) is 31.4 Å². The summed E-state index contributed by atoms with van der Waals surface area (Å²) in [5, 5.41) is 15.5. The first-order chi connectivity index (χ1) is 9.88. The molecule has 0 aliphatic heterocycles. The lowest BCUT2D eigenvalue weighted by molar-refractivity contribution is -0.123. The van der Waals surface area contributed by atoms with E-state index in [0.717, 1.165) is 12.8 Å². The van der Waals surface area contributed by atoms with Crippen molar-refractivity contribution in [1.82, 2.24) is 10.6 Å². The molecule has 0 radical (unpaired) electrons. The number of carbonyl (C=O) groups is 1. The molecule has 0 spiro atoms. The first-order valence-corrected chi connectivity index (χ1v) is 7.70. The molecule has 1 aromatic rings. The number of nitrogens with one attached hydrogen (secondary N) is 2. The van der Waals surface area contributed by atoms with E-state index < -0.39 is 0 Å². The van der Waals surface area contributed by atoms with E-state index in [1.54, 1.807) is 12.1 Å². The molecule has 3 N–H and O–H groups in total. The third-order valence-electron chi connectivity index (χ3n) is 3.41. The van der Waals surface area contributed by atoms with Crippen molar-refractivity contribution >= 4 is 5.91 Å². The predicted molar refractivity (Wildman–Crippen MR) is 86.3 cm³/mol. The number of aromatic hydroxyl groups is 1. The van der Waals surface area contributed by atoms with Gasteiger partial charge in [-0.05, 0) is 50.3 Å². The fraction of sp³-hybridized carbons (Fsp3) is 0.588. The molecule has 118 valence electrons. The smallest absolute Gasteiger partial charge is 0.236 e. The number of benzene rings is 1. The van der Waals surface area contributed by atoms with E-state index in [1.807, 2.05) is 19.1 Å². The van der Waals surface area contributed by atoms with Crippen molar-refractivity contribution in [2.24, 2.45) is 5.92 Å². The molecule has 0 fully saturated rings. The molecule has 2 atom stereocenters. The normalized spacial score (nSPS) is 14.0. The maximum atomic E-state index is 11.9. The fourth-order valence-electron chi connectivity index (χ4n) is 2.09. The average Bonchev–Trinajstić information content (AvgIpc) is 2.44. The van der Waals surface area contributed by atoms with Gasteiger partial charge in [-0.25, -0.2) is 0 Å². The van der Waals surface area contributed by atoms with Crippen LogP contribution in [0.4, 0.5) is 0 Å². The van der Waals surface area contributed by atoms with Gasteiger partial charge < -0.3 is 15.7 Å². The van der Waals surface area contributed by atoms with Gasteiger partial charge in [0.1, 0.15) is 5.75 Å². The number of hydrogen-bond donors (Lipinski definition) is 3. The summed E-state index contributed by atoms with van der Waals surface area (Å²) in [7, 11) is 0. The van der Waals surface area contributed by atoms with E-state index in [-0.39, 0.29) is 18.0 Å². The van der Waals surface area contributed by atoms with Crippen molar-refractivity contribution in [2.75, 3.05) is 6.54 Å². The third-order valence-corrected chi connectivity index (χ3v) is 3.41. The molecule has 0 aliphatic rings. The molecule has 1 aromatic carbocycles. The van der Waals surface area contributed by atoms with Crippen LogP contribution in [0.3, 0.4) is 0 Å². The Morgan fingerprint density at radius 3 is 2.33 bits per heavy atom. The van der Waals surface area contributed by atoms with Gasteiger partial charge >= 0.3 is 0 Å². The van der Waals surface area contributed by atoms with Gasteiger partial charge in [0, 0.05) is 12.6 Å². The molecular weight excluding hydrogens is 264 g/mol. The molecule has 0 aliphatic carbocycles.